The number of carbonyl (C=O) groups excluding carboxylic acids is 2. The van der Waals surface area contributed by atoms with Crippen LogP contribution in [0, 0.1) is 0 Å². The molecule has 13 nitrogen and oxygen atoms in total. The summed E-state index contributed by atoms with van der Waals surface area (Å²) in [6.45, 7) is 14.1. The average Bonchev–Trinajstić information content (AvgIpc) is 3.03. The van der Waals surface area contributed by atoms with Crippen LogP contribution in [0.15, 0.2) is 36.4 Å². The highest BCUT2D eigenvalue weighted by atomic mass is 16.6. The van der Waals surface area contributed by atoms with E-state index in [1.54, 1.807) is 31.2 Å². The van der Waals surface area contributed by atoms with Crippen molar-refractivity contribution in [3.05, 3.63) is 42.0 Å². The number of hydrogen-bond acceptors (Lipinski definition) is 13. The molecule has 0 aliphatic carbocycles. The van der Waals surface area contributed by atoms with Gasteiger partial charge in [-0.15, -0.1) is 0 Å². The predicted molar refractivity (Wildman–Crippen MR) is 160 cm³/mol. The number of benzene rings is 1. The fourth-order valence-electron chi connectivity index (χ4n) is 3.04. The quantitative estimate of drug-likeness (QED) is 0.0486. The van der Waals surface area contributed by atoms with E-state index in [2.05, 4.69) is 6.58 Å². The van der Waals surface area contributed by atoms with Crippen LogP contribution in [0.3, 0.4) is 0 Å². The zero-order valence-corrected chi connectivity index (χ0v) is 26.0. The van der Waals surface area contributed by atoms with Gasteiger partial charge in [-0.1, -0.05) is 6.58 Å². The molecule has 0 aromatic heterocycles. The van der Waals surface area contributed by atoms with Gasteiger partial charge in [-0.3, -0.25) is 4.79 Å². The van der Waals surface area contributed by atoms with Crippen molar-refractivity contribution >= 4 is 12.3 Å². The van der Waals surface area contributed by atoms with E-state index in [9.17, 15) is 9.59 Å². The van der Waals surface area contributed by atoms with Gasteiger partial charge in [-0.25, -0.2) is 4.79 Å². The maximum absolute atomic E-state index is 11.2. The summed E-state index contributed by atoms with van der Waals surface area (Å²) in [6, 6.07) is 6.92. The van der Waals surface area contributed by atoms with E-state index in [0.717, 1.165) is 6.29 Å². The molecule has 0 bridgehead atoms. The molecule has 0 N–H and O–H groups in total. The molecule has 0 aliphatic rings. The SMILES string of the molecule is C=C(C)C(=O)OCCOCCOCCOCCOCCOCCOCCOCCOCCOCCOc1ccc(C=O)cc1. The summed E-state index contributed by atoms with van der Waals surface area (Å²) in [7, 11) is 0. The van der Waals surface area contributed by atoms with Gasteiger partial charge in [0.25, 0.3) is 0 Å². The topological polar surface area (TPSA) is 136 Å². The monoisotopic (exact) mass is 630 g/mol. The van der Waals surface area contributed by atoms with Crippen LogP contribution in [0.1, 0.15) is 17.3 Å². The molecule has 0 amide bonds. The van der Waals surface area contributed by atoms with Crippen molar-refractivity contribution in [2.24, 2.45) is 0 Å². The van der Waals surface area contributed by atoms with E-state index < -0.39 is 5.97 Å². The lowest BCUT2D eigenvalue weighted by Gasteiger charge is -2.09. The Morgan fingerprint density at radius 1 is 0.523 bits per heavy atom. The van der Waals surface area contributed by atoms with Crippen LogP contribution < -0.4 is 4.74 Å². The molecule has 0 atom stereocenters. The summed E-state index contributed by atoms with van der Waals surface area (Å²) in [4.78, 5) is 21.8. The number of hydrogen-bond donors (Lipinski definition) is 0. The second kappa shape index (κ2) is 30.6. The fourth-order valence-corrected chi connectivity index (χ4v) is 3.04. The maximum atomic E-state index is 11.2. The van der Waals surface area contributed by atoms with Crippen LogP contribution in [0.5, 0.6) is 5.75 Å². The molecule has 0 heterocycles. The molecule has 0 radical (unpaired) electrons. The molecule has 0 aliphatic heterocycles. The van der Waals surface area contributed by atoms with E-state index in [1.165, 1.54) is 0 Å². The Balaban J connectivity index is 1.66. The second-order valence-electron chi connectivity index (χ2n) is 8.96. The normalized spacial score (nSPS) is 11.0. The third kappa shape index (κ3) is 26.0. The molecular weight excluding hydrogens is 580 g/mol. The first kappa shape index (κ1) is 39.6. The van der Waals surface area contributed by atoms with Gasteiger partial charge in [-0.2, -0.15) is 0 Å². The zero-order valence-electron chi connectivity index (χ0n) is 26.0. The van der Waals surface area contributed by atoms with Gasteiger partial charge in [0.2, 0.25) is 0 Å². The standard InChI is InChI=1S/C31H50O13/c1-28(2)31(33)44-26-24-42-22-20-40-18-16-38-14-12-36-10-8-34-7-9-35-11-13-37-15-17-39-19-21-41-23-25-43-30-5-3-29(27-32)4-6-30/h3-6,27H,1,7-26H2,2H3. The average molecular weight is 631 g/mol. The Hall–Kier alpha value is -2.46. The van der Waals surface area contributed by atoms with Crippen LogP contribution in [-0.4, -0.2) is 144 Å². The molecule has 0 unspecified atom stereocenters. The smallest absolute Gasteiger partial charge is 0.333 e. The van der Waals surface area contributed by atoms with Gasteiger partial charge in [-0.05, 0) is 31.2 Å². The number of carbonyl (C=O) groups is 2. The highest BCUT2D eigenvalue weighted by Crippen LogP contribution is 2.10. The van der Waals surface area contributed by atoms with E-state index in [1.807, 2.05) is 0 Å². The number of aldehydes is 1. The van der Waals surface area contributed by atoms with Gasteiger partial charge in [0.1, 0.15) is 25.2 Å². The van der Waals surface area contributed by atoms with Crippen molar-refractivity contribution in [3.63, 3.8) is 0 Å². The summed E-state index contributed by atoms with van der Waals surface area (Å²) in [5, 5.41) is 0. The summed E-state index contributed by atoms with van der Waals surface area (Å²) in [5.74, 6) is 0.284. The van der Waals surface area contributed by atoms with Crippen LogP contribution in [0.2, 0.25) is 0 Å². The number of ether oxygens (including phenoxy) is 11. The Morgan fingerprint density at radius 2 is 0.818 bits per heavy atom. The molecule has 252 valence electrons. The minimum absolute atomic E-state index is 0.196. The molecular formula is C31H50O13. The Kier molecular flexibility index (Phi) is 27.5. The molecule has 0 fully saturated rings. The van der Waals surface area contributed by atoms with Crippen molar-refractivity contribution in [2.75, 3.05) is 132 Å². The van der Waals surface area contributed by atoms with Crippen molar-refractivity contribution in [1.29, 1.82) is 0 Å². The van der Waals surface area contributed by atoms with Gasteiger partial charge in [0, 0.05) is 11.1 Å². The van der Waals surface area contributed by atoms with Crippen molar-refractivity contribution in [1.82, 2.24) is 0 Å². The molecule has 0 spiro atoms. The lowest BCUT2D eigenvalue weighted by Crippen LogP contribution is -2.15. The van der Waals surface area contributed by atoms with E-state index in [4.69, 9.17) is 52.1 Å². The molecule has 1 rings (SSSR count). The maximum Gasteiger partial charge on any atom is 0.333 e. The van der Waals surface area contributed by atoms with Crippen molar-refractivity contribution in [2.45, 2.75) is 6.92 Å². The van der Waals surface area contributed by atoms with Gasteiger partial charge < -0.3 is 52.1 Å². The summed E-state index contributed by atoms with van der Waals surface area (Å²) in [6.07, 6.45) is 0.794. The van der Waals surface area contributed by atoms with E-state index in [-0.39, 0.29) is 6.61 Å². The lowest BCUT2D eigenvalue weighted by atomic mass is 10.2. The minimum Gasteiger partial charge on any atom is -0.491 e. The predicted octanol–water partition coefficient (Wildman–Crippen LogP) is 2.15. The van der Waals surface area contributed by atoms with Gasteiger partial charge in [0.15, 0.2) is 0 Å². The molecule has 0 saturated heterocycles. The zero-order chi connectivity index (χ0) is 31.8. The summed E-state index contributed by atoms with van der Waals surface area (Å²) < 4.78 is 59.3. The second-order valence-corrected chi connectivity index (χ2v) is 8.96. The first-order valence-electron chi connectivity index (χ1n) is 14.8. The van der Waals surface area contributed by atoms with Gasteiger partial charge in [0.05, 0.1) is 119 Å². The van der Waals surface area contributed by atoms with Crippen LogP contribution in [0.4, 0.5) is 0 Å². The summed E-state index contributed by atoms with van der Waals surface area (Å²) >= 11 is 0. The highest BCUT2D eigenvalue weighted by Gasteiger charge is 2.02. The first-order chi connectivity index (χ1) is 21.6. The fraction of sp³-hybridized carbons (Fsp3) is 0.677. The molecule has 1 aromatic rings. The third-order valence-electron chi connectivity index (χ3n) is 5.30. The Bertz CT molecular complexity index is 819. The third-order valence-corrected chi connectivity index (χ3v) is 5.30. The van der Waals surface area contributed by atoms with Crippen molar-refractivity contribution < 1.29 is 61.7 Å². The molecule has 13 heteroatoms. The number of esters is 1. The minimum atomic E-state index is -0.416. The largest absolute Gasteiger partial charge is 0.491 e. The van der Waals surface area contributed by atoms with Crippen LogP contribution >= 0.6 is 0 Å². The lowest BCUT2D eigenvalue weighted by molar-refractivity contribution is -0.140. The van der Waals surface area contributed by atoms with Crippen LogP contribution in [-0.2, 0) is 52.2 Å². The molecule has 1 aromatic carbocycles. The number of rotatable bonds is 33. The van der Waals surface area contributed by atoms with Crippen molar-refractivity contribution in [3.8, 4) is 5.75 Å². The Morgan fingerprint density at radius 3 is 1.11 bits per heavy atom. The van der Waals surface area contributed by atoms with E-state index >= 15 is 0 Å². The molecule has 44 heavy (non-hydrogen) atoms. The van der Waals surface area contributed by atoms with Gasteiger partial charge >= 0.3 is 5.97 Å². The van der Waals surface area contributed by atoms with Crippen LogP contribution in [0.25, 0.3) is 0 Å². The van der Waals surface area contributed by atoms with E-state index in [0.29, 0.717) is 142 Å². The molecule has 0 saturated carbocycles. The first-order valence-corrected chi connectivity index (χ1v) is 14.8. The Labute approximate surface area is 260 Å². The highest BCUT2D eigenvalue weighted by molar-refractivity contribution is 5.86. The summed E-state index contributed by atoms with van der Waals surface area (Å²) in [5.41, 5.74) is 0.982.